The average molecular weight is 183 g/mol. The van der Waals surface area contributed by atoms with E-state index in [4.69, 9.17) is 11.3 Å². The lowest BCUT2D eigenvalue weighted by atomic mass is 10.2. The van der Waals surface area contributed by atoms with Crippen LogP contribution >= 0.6 is 0 Å². The van der Waals surface area contributed by atoms with Crippen molar-refractivity contribution in [3.05, 3.63) is 10.4 Å². The van der Waals surface area contributed by atoms with E-state index in [2.05, 4.69) is 10.0 Å². The zero-order valence-corrected chi connectivity index (χ0v) is 7.39. The molecule has 0 aromatic rings. The van der Waals surface area contributed by atoms with Crippen molar-refractivity contribution in [1.29, 1.82) is 0 Å². The highest BCUT2D eigenvalue weighted by atomic mass is 16.1. The first kappa shape index (κ1) is 9.83. The van der Waals surface area contributed by atoms with Crippen molar-refractivity contribution in [2.75, 3.05) is 19.6 Å². The lowest BCUT2D eigenvalue weighted by molar-refractivity contribution is -0.122. The topological polar surface area (TPSA) is 95.1 Å². The van der Waals surface area contributed by atoms with E-state index in [1.54, 1.807) is 0 Å². The maximum absolute atomic E-state index is 10.9. The van der Waals surface area contributed by atoms with Gasteiger partial charge < -0.3 is 5.73 Å². The highest BCUT2D eigenvalue weighted by molar-refractivity contribution is 5.80. The molecule has 0 radical (unpaired) electrons. The maximum atomic E-state index is 10.9. The van der Waals surface area contributed by atoms with Crippen molar-refractivity contribution in [2.24, 2.45) is 10.8 Å². The van der Waals surface area contributed by atoms with Gasteiger partial charge in [-0.2, -0.15) is 0 Å². The zero-order valence-electron chi connectivity index (χ0n) is 7.39. The number of hydrogen-bond acceptors (Lipinski definition) is 3. The number of hydrogen-bond donors (Lipinski definition) is 1. The Labute approximate surface area is 76.3 Å². The van der Waals surface area contributed by atoms with Crippen LogP contribution in [0, 0.1) is 0 Å². The summed E-state index contributed by atoms with van der Waals surface area (Å²) >= 11 is 0. The zero-order chi connectivity index (χ0) is 9.68. The minimum absolute atomic E-state index is 0.158. The largest absolute Gasteiger partial charge is 0.368 e. The van der Waals surface area contributed by atoms with Crippen molar-refractivity contribution in [3.63, 3.8) is 0 Å². The second-order valence-corrected chi connectivity index (χ2v) is 3.05. The Kier molecular flexibility index (Phi) is 3.54. The molecule has 1 unspecified atom stereocenters. The molecule has 0 bridgehead atoms. The molecule has 1 aliphatic heterocycles. The Morgan fingerprint density at radius 3 is 3.15 bits per heavy atom. The Hall–Kier alpha value is -1.26. The first-order valence-corrected chi connectivity index (χ1v) is 4.30. The molecule has 0 saturated carbocycles. The second kappa shape index (κ2) is 4.69. The Morgan fingerprint density at radius 1 is 1.77 bits per heavy atom. The lowest BCUT2D eigenvalue weighted by Crippen LogP contribution is -2.41. The Bertz CT molecular complexity index is 235. The van der Waals surface area contributed by atoms with Crippen LogP contribution in [0.5, 0.6) is 0 Å². The number of azide groups is 1. The number of rotatable bonds is 4. The number of carbonyl (C=O) groups is 1. The third kappa shape index (κ3) is 2.61. The van der Waals surface area contributed by atoms with E-state index in [9.17, 15) is 4.79 Å². The monoisotopic (exact) mass is 183 g/mol. The minimum atomic E-state index is -0.279. The summed E-state index contributed by atoms with van der Waals surface area (Å²) in [6.45, 7) is 1.90. The highest BCUT2D eigenvalue weighted by Gasteiger charge is 2.27. The minimum Gasteiger partial charge on any atom is -0.368 e. The molecule has 1 atom stereocenters. The van der Waals surface area contributed by atoms with Gasteiger partial charge in [-0.05, 0) is 24.9 Å². The van der Waals surface area contributed by atoms with E-state index in [0.29, 0.717) is 13.1 Å². The van der Waals surface area contributed by atoms with Gasteiger partial charge in [0.25, 0.3) is 0 Å². The quantitative estimate of drug-likeness (QED) is 0.384. The third-order valence-electron chi connectivity index (χ3n) is 2.24. The summed E-state index contributed by atoms with van der Waals surface area (Å²) < 4.78 is 0. The van der Waals surface area contributed by atoms with Crippen LogP contribution < -0.4 is 5.73 Å². The van der Waals surface area contributed by atoms with Crippen LogP contribution in [0.15, 0.2) is 5.11 Å². The van der Waals surface area contributed by atoms with E-state index in [1.165, 1.54) is 0 Å². The summed E-state index contributed by atoms with van der Waals surface area (Å²) in [5.74, 6) is -0.279. The number of amides is 1. The molecular formula is C7H13N5O. The molecule has 72 valence electrons. The fourth-order valence-electron chi connectivity index (χ4n) is 1.63. The van der Waals surface area contributed by atoms with Crippen LogP contribution in [-0.2, 0) is 4.79 Å². The molecule has 0 aliphatic carbocycles. The van der Waals surface area contributed by atoms with Crippen molar-refractivity contribution < 1.29 is 4.79 Å². The summed E-state index contributed by atoms with van der Waals surface area (Å²) in [5, 5.41) is 3.42. The summed E-state index contributed by atoms with van der Waals surface area (Å²) in [6.07, 6.45) is 1.81. The van der Waals surface area contributed by atoms with Gasteiger partial charge in [-0.25, -0.2) is 0 Å². The Morgan fingerprint density at radius 2 is 2.54 bits per heavy atom. The van der Waals surface area contributed by atoms with Gasteiger partial charge in [0.1, 0.15) is 0 Å². The highest BCUT2D eigenvalue weighted by Crippen LogP contribution is 2.15. The predicted molar refractivity (Wildman–Crippen MR) is 47.8 cm³/mol. The summed E-state index contributed by atoms with van der Waals surface area (Å²) in [5.41, 5.74) is 13.3. The molecule has 1 fully saturated rings. The van der Waals surface area contributed by atoms with E-state index >= 15 is 0 Å². The van der Waals surface area contributed by atoms with Crippen molar-refractivity contribution in [1.82, 2.24) is 4.90 Å². The van der Waals surface area contributed by atoms with E-state index < -0.39 is 0 Å². The number of nitrogens with two attached hydrogens (primary N) is 1. The fraction of sp³-hybridized carbons (Fsp3) is 0.857. The van der Waals surface area contributed by atoms with Crippen LogP contribution in [0.2, 0.25) is 0 Å². The van der Waals surface area contributed by atoms with Crippen LogP contribution in [0.3, 0.4) is 0 Å². The van der Waals surface area contributed by atoms with Gasteiger partial charge in [0, 0.05) is 18.0 Å². The lowest BCUT2D eigenvalue weighted by Gasteiger charge is -2.20. The fourth-order valence-corrected chi connectivity index (χ4v) is 1.63. The molecule has 6 nitrogen and oxygen atoms in total. The van der Waals surface area contributed by atoms with E-state index in [0.717, 1.165) is 19.4 Å². The van der Waals surface area contributed by atoms with Crippen LogP contribution in [0.25, 0.3) is 10.4 Å². The van der Waals surface area contributed by atoms with Gasteiger partial charge in [0.15, 0.2) is 0 Å². The summed E-state index contributed by atoms with van der Waals surface area (Å²) in [4.78, 5) is 15.5. The van der Waals surface area contributed by atoms with Gasteiger partial charge in [0.05, 0.1) is 6.04 Å². The van der Waals surface area contributed by atoms with Crippen LogP contribution in [-0.4, -0.2) is 36.5 Å². The standard InChI is InChI=1S/C7H13N5O/c8-7(13)6-2-1-4-12(6)5-3-10-11-9/h6H,1-5H2,(H2,8,13). The Balaban J connectivity index is 2.39. The molecule has 1 aliphatic rings. The first-order chi connectivity index (χ1) is 6.25. The van der Waals surface area contributed by atoms with E-state index in [-0.39, 0.29) is 11.9 Å². The van der Waals surface area contributed by atoms with Gasteiger partial charge in [-0.15, -0.1) is 0 Å². The third-order valence-corrected chi connectivity index (χ3v) is 2.24. The van der Waals surface area contributed by atoms with Crippen LogP contribution in [0.4, 0.5) is 0 Å². The molecule has 1 saturated heterocycles. The molecule has 1 amide bonds. The van der Waals surface area contributed by atoms with Crippen molar-refractivity contribution >= 4 is 5.91 Å². The molecule has 1 rings (SSSR count). The summed E-state index contributed by atoms with van der Waals surface area (Å²) in [6, 6.07) is -0.158. The maximum Gasteiger partial charge on any atom is 0.234 e. The molecule has 0 aromatic carbocycles. The first-order valence-electron chi connectivity index (χ1n) is 4.30. The average Bonchev–Trinajstić information content (AvgIpc) is 2.53. The van der Waals surface area contributed by atoms with Crippen molar-refractivity contribution in [3.8, 4) is 0 Å². The molecule has 2 N–H and O–H groups in total. The molecule has 0 aromatic heterocycles. The smallest absolute Gasteiger partial charge is 0.234 e. The van der Waals surface area contributed by atoms with E-state index in [1.807, 2.05) is 4.90 Å². The number of carbonyl (C=O) groups excluding carboxylic acids is 1. The molecule has 0 spiro atoms. The normalized spacial score (nSPS) is 22.6. The number of likely N-dealkylation sites (tertiary alicyclic amines) is 1. The van der Waals surface area contributed by atoms with Gasteiger partial charge in [0.2, 0.25) is 5.91 Å². The molecular weight excluding hydrogens is 170 g/mol. The molecule has 6 heteroatoms. The SMILES string of the molecule is [N-]=[N+]=NCCN1CCCC1C(N)=O. The van der Waals surface area contributed by atoms with Crippen molar-refractivity contribution in [2.45, 2.75) is 18.9 Å². The molecule has 13 heavy (non-hydrogen) atoms. The molecule has 1 heterocycles. The van der Waals surface area contributed by atoms with Crippen LogP contribution in [0.1, 0.15) is 12.8 Å². The predicted octanol–water partition coefficient (Wildman–Crippen LogP) is 0.246. The van der Waals surface area contributed by atoms with Gasteiger partial charge in [-0.3, -0.25) is 9.69 Å². The summed E-state index contributed by atoms with van der Waals surface area (Å²) in [7, 11) is 0. The van der Waals surface area contributed by atoms with Gasteiger partial charge in [-0.1, -0.05) is 5.11 Å². The number of nitrogens with zero attached hydrogens (tertiary/aromatic N) is 4. The number of primary amides is 1. The van der Waals surface area contributed by atoms with Gasteiger partial charge >= 0.3 is 0 Å². The second-order valence-electron chi connectivity index (χ2n) is 3.05.